The van der Waals surface area contributed by atoms with Crippen LogP contribution in [0.5, 0.6) is 0 Å². The number of likely N-dealkylation sites (tertiary alicyclic amines) is 2. The lowest BCUT2D eigenvalue weighted by atomic mass is 9.94. The highest BCUT2D eigenvalue weighted by molar-refractivity contribution is 4.70. The Hall–Kier alpha value is -0.0800. The number of likely N-dealkylation sites (N-methyl/N-ethyl adjacent to an activating group) is 2. The predicted octanol–water partition coefficient (Wildman–Crippen LogP) is 3.80. The zero-order chi connectivity index (χ0) is 14.6. The molecule has 2 atom stereocenters. The zero-order valence-electron chi connectivity index (χ0n) is 14.5. The molecule has 0 amide bonds. The van der Waals surface area contributed by atoms with Crippen molar-refractivity contribution in [3.63, 3.8) is 0 Å². The summed E-state index contributed by atoms with van der Waals surface area (Å²) in [5, 5.41) is 0. The van der Waals surface area contributed by atoms with E-state index >= 15 is 0 Å². The second kappa shape index (κ2) is 6.79. The summed E-state index contributed by atoms with van der Waals surface area (Å²) < 4.78 is 2.81. The van der Waals surface area contributed by atoms with E-state index in [2.05, 4.69) is 27.7 Å². The quantitative estimate of drug-likeness (QED) is 0.673. The number of quaternary nitrogens is 2. The van der Waals surface area contributed by atoms with Crippen LogP contribution in [0, 0.1) is 0 Å². The first-order valence-electron chi connectivity index (χ1n) is 9.32. The topological polar surface area (TPSA) is 0 Å². The van der Waals surface area contributed by atoms with Crippen LogP contribution in [0.3, 0.4) is 0 Å². The smallest absolute Gasteiger partial charge is 0.138 e. The third-order valence-electron chi connectivity index (χ3n) is 7.10. The summed E-state index contributed by atoms with van der Waals surface area (Å²) in [5.41, 5.74) is 0. The lowest BCUT2D eigenvalue weighted by molar-refractivity contribution is -1.01. The fourth-order valence-electron chi connectivity index (χ4n) is 5.22. The van der Waals surface area contributed by atoms with Crippen LogP contribution in [0.15, 0.2) is 0 Å². The van der Waals surface area contributed by atoms with Gasteiger partial charge in [0.15, 0.2) is 0 Å². The Morgan fingerprint density at radius 2 is 0.900 bits per heavy atom. The maximum atomic E-state index is 2.57. The highest BCUT2D eigenvalue weighted by atomic mass is 15.5. The fourth-order valence-corrected chi connectivity index (χ4v) is 5.22. The number of rotatable bonds is 5. The van der Waals surface area contributed by atoms with Crippen molar-refractivity contribution in [2.45, 2.75) is 78.3 Å². The summed E-state index contributed by atoms with van der Waals surface area (Å²) in [6.07, 6.45) is 8.76. The van der Waals surface area contributed by atoms with Gasteiger partial charge in [-0.05, 0) is 66.2 Å². The van der Waals surface area contributed by atoms with E-state index in [1.54, 1.807) is 0 Å². The molecule has 0 aliphatic carbocycles. The van der Waals surface area contributed by atoms with Crippen molar-refractivity contribution in [1.29, 1.82) is 0 Å². The minimum atomic E-state index is 0.832. The molecule has 0 aromatic carbocycles. The SMILES string of the molecule is CC[N+]1(C(C)C(C)[N+]2(CC)CCCCC2)CCCCC1. The molecule has 0 aromatic heterocycles. The van der Waals surface area contributed by atoms with Gasteiger partial charge >= 0.3 is 0 Å². The van der Waals surface area contributed by atoms with E-state index in [0.717, 1.165) is 12.1 Å². The molecular weight excluding hydrogens is 244 g/mol. The van der Waals surface area contributed by atoms with Crippen LogP contribution >= 0.6 is 0 Å². The molecule has 2 fully saturated rings. The van der Waals surface area contributed by atoms with E-state index in [1.807, 2.05) is 0 Å². The molecule has 0 N–H and O–H groups in total. The lowest BCUT2D eigenvalue weighted by Gasteiger charge is -2.53. The van der Waals surface area contributed by atoms with Gasteiger partial charge in [0.05, 0.1) is 39.3 Å². The molecule has 0 aromatic rings. The molecule has 0 bridgehead atoms. The molecule has 2 heteroatoms. The van der Waals surface area contributed by atoms with E-state index in [9.17, 15) is 0 Å². The number of nitrogens with zero attached hydrogens (tertiary/aromatic N) is 2. The van der Waals surface area contributed by atoms with Crippen molar-refractivity contribution >= 4 is 0 Å². The Balaban J connectivity index is 2.14. The first-order chi connectivity index (χ1) is 9.60. The summed E-state index contributed by atoms with van der Waals surface area (Å²) >= 11 is 0. The average Bonchev–Trinajstić information content (AvgIpc) is 2.54. The zero-order valence-corrected chi connectivity index (χ0v) is 14.5. The second-order valence-corrected chi connectivity index (χ2v) is 7.57. The number of hydrogen-bond donors (Lipinski definition) is 0. The predicted molar refractivity (Wildman–Crippen MR) is 87.7 cm³/mol. The molecule has 0 radical (unpaired) electrons. The third kappa shape index (κ3) is 2.92. The minimum absolute atomic E-state index is 0.832. The maximum Gasteiger partial charge on any atom is 0.138 e. The van der Waals surface area contributed by atoms with Crippen LogP contribution < -0.4 is 0 Å². The second-order valence-electron chi connectivity index (χ2n) is 7.57. The molecule has 20 heavy (non-hydrogen) atoms. The molecule has 2 aliphatic rings. The number of piperidine rings is 2. The Kier molecular flexibility index (Phi) is 5.53. The molecular formula is C18H38N2+2. The lowest BCUT2D eigenvalue weighted by Crippen LogP contribution is -2.69. The van der Waals surface area contributed by atoms with E-state index in [0.29, 0.717) is 0 Å². The summed E-state index contributed by atoms with van der Waals surface area (Å²) in [6.45, 7) is 18.4. The van der Waals surface area contributed by atoms with Crippen molar-refractivity contribution < 1.29 is 8.97 Å². The van der Waals surface area contributed by atoms with Gasteiger partial charge in [0.1, 0.15) is 12.1 Å². The summed E-state index contributed by atoms with van der Waals surface area (Å²) in [6, 6.07) is 1.66. The van der Waals surface area contributed by atoms with E-state index in [-0.39, 0.29) is 0 Å². The van der Waals surface area contributed by atoms with Gasteiger partial charge in [0, 0.05) is 0 Å². The van der Waals surface area contributed by atoms with Crippen molar-refractivity contribution in [3.8, 4) is 0 Å². The highest BCUT2D eigenvalue weighted by Crippen LogP contribution is 2.31. The Morgan fingerprint density at radius 1 is 0.600 bits per heavy atom. The van der Waals surface area contributed by atoms with E-state index in [1.165, 1.54) is 86.8 Å². The molecule has 2 heterocycles. The van der Waals surface area contributed by atoms with Gasteiger partial charge in [-0.2, -0.15) is 0 Å². The fraction of sp³-hybridized carbons (Fsp3) is 1.00. The van der Waals surface area contributed by atoms with Gasteiger partial charge in [0.2, 0.25) is 0 Å². The van der Waals surface area contributed by atoms with Crippen LogP contribution in [0.4, 0.5) is 0 Å². The third-order valence-corrected chi connectivity index (χ3v) is 7.10. The molecule has 2 aliphatic heterocycles. The molecule has 2 nitrogen and oxygen atoms in total. The maximum absolute atomic E-state index is 2.57. The summed E-state index contributed by atoms with van der Waals surface area (Å²) in [5.74, 6) is 0. The Labute approximate surface area is 127 Å². The highest BCUT2D eigenvalue weighted by Gasteiger charge is 2.46. The largest absolute Gasteiger partial charge is 0.317 e. The standard InChI is InChI=1S/C18H38N2/c1-5-19(13-9-7-10-14-19)17(3)18(4)20(6-2)15-11-8-12-16-20/h17-18H,5-16H2,1-4H3/q+2. The summed E-state index contributed by atoms with van der Waals surface area (Å²) in [7, 11) is 0. The van der Waals surface area contributed by atoms with Crippen molar-refractivity contribution in [3.05, 3.63) is 0 Å². The van der Waals surface area contributed by atoms with Gasteiger partial charge in [-0.15, -0.1) is 0 Å². The molecule has 0 saturated carbocycles. The van der Waals surface area contributed by atoms with Gasteiger partial charge in [-0.25, -0.2) is 0 Å². The van der Waals surface area contributed by atoms with Crippen LogP contribution in [0.1, 0.15) is 66.2 Å². The van der Waals surface area contributed by atoms with Crippen LogP contribution in [0.2, 0.25) is 0 Å². The van der Waals surface area contributed by atoms with Gasteiger partial charge in [-0.3, -0.25) is 0 Å². The first kappa shape index (κ1) is 16.3. The summed E-state index contributed by atoms with van der Waals surface area (Å²) in [4.78, 5) is 0. The molecule has 0 spiro atoms. The average molecular weight is 283 g/mol. The normalized spacial score (nSPS) is 28.8. The van der Waals surface area contributed by atoms with Gasteiger partial charge in [-0.1, -0.05) is 0 Å². The van der Waals surface area contributed by atoms with Gasteiger partial charge in [0.25, 0.3) is 0 Å². The Morgan fingerprint density at radius 3 is 1.15 bits per heavy atom. The molecule has 2 saturated heterocycles. The van der Waals surface area contributed by atoms with Crippen LogP contribution in [0.25, 0.3) is 0 Å². The van der Waals surface area contributed by atoms with Crippen molar-refractivity contribution in [1.82, 2.24) is 0 Å². The molecule has 2 rings (SSSR count). The van der Waals surface area contributed by atoms with E-state index < -0.39 is 0 Å². The Bertz CT molecular complexity index is 258. The van der Waals surface area contributed by atoms with Crippen LogP contribution in [-0.2, 0) is 0 Å². The number of hydrogen-bond acceptors (Lipinski definition) is 0. The van der Waals surface area contributed by atoms with Gasteiger partial charge < -0.3 is 8.97 Å². The van der Waals surface area contributed by atoms with Crippen LogP contribution in [-0.4, -0.2) is 60.3 Å². The van der Waals surface area contributed by atoms with E-state index in [4.69, 9.17) is 0 Å². The van der Waals surface area contributed by atoms with Crippen molar-refractivity contribution in [2.75, 3.05) is 39.3 Å². The first-order valence-corrected chi connectivity index (χ1v) is 9.32. The molecule has 2 unspecified atom stereocenters. The monoisotopic (exact) mass is 282 g/mol. The molecule has 118 valence electrons. The minimum Gasteiger partial charge on any atom is -0.317 e. The van der Waals surface area contributed by atoms with Crippen molar-refractivity contribution in [2.24, 2.45) is 0 Å².